The van der Waals surface area contributed by atoms with Gasteiger partial charge in [-0.3, -0.25) is 14.4 Å². The Morgan fingerprint density at radius 3 is 2.64 bits per heavy atom. The van der Waals surface area contributed by atoms with Crippen LogP contribution in [0.5, 0.6) is 0 Å². The second-order valence-electron chi connectivity index (χ2n) is 9.94. The summed E-state index contributed by atoms with van der Waals surface area (Å²) < 4.78 is 16.1. The van der Waals surface area contributed by atoms with E-state index in [0.29, 0.717) is 37.2 Å². The third-order valence-corrected chi connectivity index (χ3v) is 7.22. The van der Waals surface area contributed by atoms with Crippen LogP contribution in [-0.2, 0) is 14.4 Å². The second kappa shape index (κ2) is 13.0. The number of fused-ring (bicyclic) bond motifs is 1. The molecular formula is C27H26ClFN10O5. The number of amides is 3. The Bertz CT molecular complexity index is 1750. The zero-order valence-corrected chi connectivity index (χ0v) is 24.0. The molecule has 3 amide bonds. The molecule has 3 heterocycles. The summed E-state index contributed by atoms with van der Waals surface area (Å²) in [5, 5.41) is 25.0. The van der Waals surface area contributed by atoms with Crippen molar-refractivity contribution in [2.45, 2.75) is 12.5 Å². The molecule has 1 atom stereocenters. The lowest BCUT2D eigenvalue weighted by Gasteiger charge is -2.33. The molecule has 1 fully saturated rings. The average molecular weight is 625 g/mol. The number of aromatic carboxylic acids is 1. The molecule has 228 valence electrons. The minimum absolute atomic E-state index is 0.0805. The van der Waals surface area contributed by atoms with E-state index in [4.69, 9.17) is 11.6 Å². The van der Waals surface area contributed by atoms with Gasteiger partial charge in [-0.1, -0.05) is 11.6 Å². The molecule has 0 bridgehead atoms. The predicted octanol–water partition coefficient (Wildman–Crippen LogP) is 1.33. The van der Waals surface area contributed by atoms with E-state index in [2.05, 4.69) is 41.0 Å². The van der Waals surface area contributed by atoms with Gasteiger partial charge in [-0.25, -0.2) is 14.2 Å². The number of nitrogens with one attached hydrogen (secondary N) is 3. The number of halogens is 2. The van der Waals surface area contributed by atoms with Crippen LogP contribution in [0.25, 0.3) is 22.8 Å². The molecule has 4 aromatic rings. The summed E-state index contributed by atoms with van der Waals surface area (Å²) in [6.45, 7) is 2.26. The van der Waals surface area contributed by atoms with Gasteiger partial charge in [0.2, 0.25) is 23.5 Å². The van der Waals surface area contributed by atoms with Gasteiger partial charge in [0, 0.05) is 43.5 Å². The number of aromatic amines is 1. The minimum Gasteiger partial charge on any atom is -0.475 e. The summed E-state index contributed by atoms with van der Waals surface area (Å²) in [6, 6.07) is 5.99. The van der Waals surface area contributed by atoms with Crippen LogP contribution in [0.2, 0.25) is 5.02 Å². The van der Waals surface area contributed by atoms with Crippen molar-refractivity contribution in [2.75, 3.05) is 38.5 Å². The zero-order valence-electron chi connectivity index (χ0n) is 23.2. The molecule has 5 rings (SSSR count). The zero-order chi connectivity index (χ0) is 31.4. The number of imidazole rings is 1. The molecule has 15 nitrogen and oxygen atoms in total. The lowest BCUT2D eigenvalue weighted by atomic mass is 10.1. The highest BCUT2D eigenvalue weighted by Gasteiger charge is 2.28. The van der Waals surface area contributed by atoms with Crippen molar-refractivity contribution in [3.63, 3.8) is 0 Å². The van der Waals surface area contributed by atoms with E-state index in [1.165, 1.54) is 41.3 Å². The standard InChI is InChI=1S/C27H26ClFN10O5/c1-37-8-10-38(11-9-37)23(41)13-20(26(42)31-15-2-5-18-19(12-15)34-25(33-18)27(43)44)32-22(40)7-3-16-21(39-14-30-35-36-39)6-4-17(28)24(16)29/h2-7,12,14,20H,8-11,13H2,1H3,(H,31,42)(H,32,40)(H,33,34)(H,43,44)/b7-3+. The van der Waals surface area contributed by atoms with Crippen LogP contribution >= 0.6 is 11.6 Å². The third kappa shape index (κ3) is 6.87. The highest BCUT2D eigenvalue weighted by atomic mass is 35.5. The number of hydrogen-bond acceptors (Lipinski definition) is 9. The van der Waals surface area contributed by atoms with Crippen LogP contribution in [0, 0.1) is 5.82 Å². The lowest BCUT2D eigenvalue weighted by Crippen LogP contribution is -2.51. The number of H-pyrrole nitrogens is 1. The average Bonchev–Trinajstić information content (AvgIpc) is 3.68. The van der Waals surface area contributed by atoms with E-state index in [1.54, 1.807) is 4.90 Å². The summed E-state index contributed by atoms with van der Waals surface area (Å²) in [5.74, 6) is -4.14. The SMILES string of the molecule is CN1CCN(C(=O)CC(NC(=O)/C=C/c2c(-n3cnnn3)ccc(Cl)c2F)C(=O)Nc2ccc3nc(C(=O)O)[nH]c3c2)CC1. The first-order chi connectivity index (χ1) is 21.1. The van der Waals surface area contributed by atoms with Gasteiger partial charge in [0.05, 0.1) is 28.2 Å². The van der Waals surface area contributed by atoms with Crippen molar-refractivity contribution < 1.29 is 28.7 Å². The molecule has 0 saturated carbocycles. The fourth-order valence-electron chi connectivity index (χ4n) is 4.55. The maximum atomic E-state index is 14.9. The number of carboxylic acids is 1. The molecule has 17 heteroatoms. The van der Waals surface area contributed by atoms with Crippen molar-refractivity contribution in [2.24, 2.45) is 0 Å². The molecule has 1 aliphatic heterocycles. The first-order valence-electron chi connectivity index (χ1n) is 13.3. The normalized spacial score (nSPS) is 14.6. The Balaban J connectivity index is 1.36. The summed E-state index contributed by atoms with van der Waals surface area (Å²) in [7, 11) is 1.94. The minimum atomic E-state index is -1.31. The second-order valence-corrected chi connectivity index (χ2v) is 10.4. The number of rotatable bonds is 9. The molecule has 2 aromatic carbocycles. The van der Waals surface area contributed by atoms with Gasteiger partial charge in [0.15, 0.2) is 5.82 Å². The van der Waals surface area contributed by atoms with Crippen LogP contribution in [-0.4, -0.2) is 108 Å². The van der Waals surface area contributed by atoms with Crippen LogP contribution in [0.4, 0.5) is 10.1 Å². The Morgan fingerprint density at radius 1 is 1.16 bits per heavy atom. The van der Waals surface area contributed by atoms with Gasteiger partial charge < -0.3 is 30.5 Å². The lowest BCUT2D eigenvalue weighted by molar-refractivity contribution is -0.135. The van der Waals surface area contributed by atoms with Crippen molar-refractivity contribution in [3.05, 3.63) is 65.0 Å². The number of anilines is 1. The van der Waals surface area contributed by atoms with E-state index in [-0.39, 0.29) is 40.1 Å². The van der Waals surface area contributed by atoms with Crippen LogP contribution in [0.1, 0.15) is 22.6 Å². The Morgan fingerprint density at radius 2 is 1.93 bits per heavy atom. The number of likely N-dealkylation sites (N-methyl/N-ethyl adjacent to an activating group) is 1. The van der Waals surface area contributed by atoms with E-state index < -0.39 is 29.6 Å². The van der Waals surface area contributed by atoms with Crippen molar-refractivity contribution in [1.29, 1.82) is 0 Å². The summed E-state index contributed by atoms with van der Waals surface area (Å²) in [5.41, 5.74) is 1.13. The summed E-state index contributed by atoms with van der Waals surface area (Å²) in [4.78, 5) is 61.1. The molecule has 44 heavy (non-hydrogen) atoms. The maximum absolute atomic E-state index is 14.9. The van der Waals surface area contributed by atoms with Gasteiger partial charge in [0.25, 0.3) is 0 Å². The van der Waals surface area contributed by atoms with Gasteiger partial charge in [-0.2, -0.15) is 4.68 Å². The number of hydrogen-bond donors (Lipinski definition) is 4. The van der Waals surface area contributed by atoms with E-state index >= 15 is 0 Å². The molecule has 0 spiro atoms. The van der Waals surface area contributed by atoms with Crippen molar-refractivity contribution >= 4 is 58.1 Å². The van der Waals surface area contributed by atoms with Crippen LogP contribution in [0.15, 0.2) is 42.7 Å². The van der Waals surface area contributed by atoms with Gasteiger partial charge in [0.1, 0.15) is 12.4 Å². The summed E-state index contributed by atoms with van der Waals surface area (Å²) >= 11 is 5.96. The predicted molar refractivity (Wildman–Crippen MR) is 155 cm³/mol. The first kappa shape index (κ1) is 30.2. The molecule has 2 aromatic heterocycles. The van der Waals surface area contributed by atoms with Crippen LogP contribution in [0.3, 0.4) is 0 Å². The van der Waals surface area contributed by atoms with Gasteiger partial charge in [-0.15, -0.1) is 5.10 Å². The Labute approximate surface area is 253 Å². The number of carbonyl (C=O) groups is 4. The topological polar surface area (TPSA) is 191 Å². The molecule has 4 N–H and O–H groups in total. The first-order valence-corrected chi connectivity index (χ1v) is 13.7. The molecule has 1 aliphatic rings. The Hall–Kier alpha value is -5.22. The molecule has 1 saturated heterocycles. The molecule has 0 aliphatic carbocycles. The number of piperazine rings is 1. The summed E-state index contributed by atoms with van der Waals surface area (Å²) in [6.07, 6.45) is 3.07. The van der Waals surface area contributed by atoms with E-state index in [1.807, 2.05) is 7.05 Å². The van der Waals surface area contributed by atoms with Crippen LogP contribution < -0.4 is 10.6 Å². The number of aromatic nitrogens is 6. The number of nitrogens with zero attached hydrogens (tertiary/aromatic N) is 7. The highest BCUT2D eigenvalue weighted by molar-refractivity contribution is 6.31. The van der Waals surface area contributed by atoms with E-state index in [0.717, 1.165) is 12.2 Å². The van der Waals surface area contributed by atoms with Gasteiger partial charge >= 0.3 is 5.97 Å². The van der Waals surface area contributed by atoms with E-state index in [9.17, 15) is 28.7 Å². The molecular weight excluding hydrogens is 599 g/mol. The molecule has 1 unspecified atom stereocenters. The monoisotopic (exact) mass is 624 g/mol. The highest BCUT2D eigenvalue weighted by Crippen LogP contribution is 2.25. The molecule has 0 radical (unpaired) electrons. The fourth-order valence-corrected chi connectivity index (χ4v) is 4.72. The number of benzene rings is 2. The number of carbonyl (C=O) groups excluding carboxylic acids is 3. The Kier molecular flexibility index (Phi) is 8.91. The fraction of sp³-hybridized carbons (Fsp3) is 0.259. The van der Waals surface area contributed by atoms with Crippen molar-refractivity contribution in [1.82, 2.24) is 45.3 Å². The third-order valence-electron chi connectivity index (χ3n) is 6.93. The number of tetrazole rings is 1. The van der Waals surface area contributed by atoms with Crippen molar-refractivity contribution in [3.8, 4) is 5.69 Å². The quantitative estimate of drug-likeness (QED) is 0.198. The number of carboxylic acid groups (broad SMARTS) is 1. The largest absolute Gasteiger partial charge is 0.475 e. The maximum Gasteiger partial charge on any atom is 0.371 e. The van der Waals surface area contributed by atoms with Gasteiger partial charge in [-0.05, 0) is 53.9 Å². The smallest absolute Gasteiger partial charge is 0.371 e.